The Morgan fingerprint density at radius 3 is 2.17 bits per heavy atom. The summed E-state index contributed by atoms with van der Waals surface area (Å²) in [6.07, 6.45) is 4.04. The van der Waals surface area contributed by atoms with Crippen LogP contribution in [-0.2, 0) is 9.59 Å². The Hall–Kier alpha value is -0.920. The van der Waals surface area contributed by atoms with E-state index in [4.69, 9.17) is 0 Å². The van der Waals surface area contributed by atoms with Crippen LogP contribution in [0.4, 0.5) is 0 Å². The standard InChI is InChI=1S/C10H16O2/c1-4-5-6-10(9(3)12)7-8(2)11/h6H,4-5,7H2,1-3H3/b10-6-. The lowest BCUT2D eigenvalue weighted by Gasteiger charge is -1.99. The van der Waals surface area contributed by atoms with Gasteiger partial charge in [0.2, 0.25) is 0 Å². The Labute approximate surface area is 73.7 Å². The molecule has 0 bridgehead atoms. The molecule has 0 amide bonds. The summed E-state index contributed by atoms with van der Waals surface area (Å²) in [6, 6.07) is 0. The van der Waals surface area contributed by atoms with Crippen LogP contribution in [0.25, 0.3) is 0 Å². The third kappa shape index (κ3) is 4.83. The largest absolute Gasteiger partial charge is 0.300 e. The Morgan fingerprint density at radius 1 is 1.25 bits per heavy atom. The summed E-state index contributed by atoms with van der Waals surface area (Å²) in [7, 11) is 0. The van der Waals surface area contributed by atoms with Gasteiger partial charge in [-0.25, -0.2) is 0 Å². The van der Waals surface area contributed by atoms with Crippen molar-refractivity contribution >= 4 is 11.6 Å². The van der Waals surface area contributed by atoms with Crippen LogP contribution in [0, 0.1) is 0 Å². The van der Waals surface area contributed by atoms with Crippen molar-refractivity contribution in [2.75, 3.05) is 0 Å². The van der Waals surface area contributed by atoms with Crippen LogP contribution >= 0.6 is 0 Å². The summed E-state index contributed by atoms with van der Waals surface area (Å²) in [5.74, 6) is 0.0613. The molecule has 0 saturated heterocycles. The van der Waals surface area contributed by atoms with Crippen LogP contribution in [0.5, 0.6) is 0 Å². The van der Waals surface area contributed by atoms with Gasteiger partial charge in [0.1, 0.15) is 5.78 Å². The number of carbonyl (C=O) groups is 2. The zero-order chi connectivity index (χ0) is 9.56. The van der Waals surface area contributed by atoms with Gasteiger partial charge in [0.15, 0.2) is 5.78 Å². The molecule has 0 unspecified atom stereocenters. The predicted molar refractivity (Wildman–Crippen MR) is 49.0 cm³/mol. The minimum atomic E-state index is 0.0126. The van der Waals surface area contributed by atoms with E-state index in [-0.39, 0.29) is 18.0 Å². The van der Waals surface area contributed by atoms with Gasteiger partial charge >= 0.3 is 0 Å². The van der Waals surface area contributed by atoms with Crippen LogP contribution < -0.4 is 0 Å². The molecule has 0 fully saturated rings. The number of ketones is 2. The van der Waals surface area contributed by atoms with Gasteiger partial charge in [-0.1, -0.05) is 19.4 Å². The van der Waals surface area contributed by atoms with Gasteiger partial charge in [-0.15, -0.1) is 0 Å². The van der Waals surface area contributed by atoms with Crippen LogP contribution in [0.15, 0.2) is 11.6 Å². The molecule has 0 aromatic carbocycles. The molecule has 12 heavy (non-hydrogen) atoms. The molecule has 0 atom stereocenters. The van der Waals surface area contributed by atoms with Crippen LogP contribution in [0.3, 0.4) is 0 Å². The average molecular weight is 168 g/mol. The molecule has 0 N–H and O–H groups in total. The molecule has 0 radical (unpaired) electrons. The van der Waals surface area contributed by atoms with Crippen LogP contribution in [-0.4, -0.2) is 11.6 Å². The first-order valence-corrected chi connectivity index (χ1v) is 4.27. The second kappa shape index (κ2) is 5.70. The first-order valence-electron chi connectivity index (χ1n) is 4.27. The number of hydrogen-bond acceptors (Lipinski definition) is 2. The lowest BCUT2D eigenvalue weighted by Crippen LogP contribution is -2.02. The number of allylic oxidation sites excluding steroid dienone is 2. The maximum Gasteiger partial charge on any atom is 0.155 e. The van der Waals surface area contributed by atoms with E-state index in [2.05, 4.69) is 0 Å². The Balaban J connectivity index is 4.22. The van der Waals surface area contributed by atoms with Crippen molar-refractivity contribution < 1.29 is 9.59 Å². The highest BCUT2D eigenvalue weighted by atomic mass is 16.1. The molecule has 68 valence electrons. The van der Waals surface area contributed by atoms with Gasteiger partial charge in [-0.05, 0) is 25.8 Å². The summed E-state index contributed by atoms with van der Waals surface area (Å²) in [6.45, 7) is 5.05. The van der Waals surface area contributed by atoms with E-state index in [1.165, 1.54) is 13.8 Å². The predicted octanol–water partition coefficient (Wildman–Crippen LogP) is 2.28. The number of unbranched alkanes of at least 4 members (excludes halogenated alkanes) is 1. The van der Waals surface area contributed by atoms with E-state index in [9.17, 15) is 9.59 Å². The van der Waals surface area contributed by atoms with Crippen molar-refractivity contribution in [1.82, 2.24) is 0 Å². The van der Waals surface area contributed by atoms with Crippen molar-refractivity contribution in [2.45, 2.75) is 40.0 Å². The van der Waals surface area contributed by atoms with Crippen molar-refractivity contribution in [1.29, 1.82) is 0 Å². The summed E-state index contributed by atoms with van der Waals surface area (Å²) in [5, 5.41) is 0. The van der Waals surface area contributed by atoms with E-state index in [0.29, 0.717) is 5.57 Å². The summed E-state index contributed by atoms with van der Waals surface area (Å²) >= 11 is 0. The molecule has 0 saturated carbocycles. The highest BCUT2D eigenvalue weighted by Crippen LogP contribution is 2.06. The second-order valence-electron chi connectivity index (χ2n) is 2.95. The maximum absolute atomic E-state index is 11.0. The Bertz CT molecular complexity index is 202. The van der Waals surface area contributed by atoms with Crippen molar-refractivity contribution in [3.8, 4) is 0 Å². The zero-order valence-corrected chi connectivity index (χ0v) is 8.02. The summed E-state index contributed by atoms with van der Waals surface area (Å²) in [4.78, 5) is 21.7. The van der Waals surface area contributed by atoms with E-state index >= 15 is 0 Å². The number of hydrogen-bond donors (Lipinski definition) is 0. The van der Waals surface area contributed by atoms with Crippen molar-refractivity contribution in [3.05, 3.63) is 11.6 Å². The van der Waals surface area contributed by atoms with Gasteiger partial charge in [0, 0.05) is 6.42 Å². The smallest absolute Gasteiger partial charge is 0.155 e. The van der Waals surface area contributed by atoms with Crippen molar-refractivity contribution in [2.24, 2.45) is 0 Å². The Kier molecular flexibility index (Phi) is 5.26. The number of Topliss-reactive ketones (excluding diaryl/α,β-unsaturated/α-hetero) is 2. The number of rotatable bonds is 5. The fourth-order valence-corrected chi connectivity index (χ4v) is 0.927. The molecule has 0 aliphatic carbocycles. The third-order valence-corrected chi connectivity index (χ3v) is 1.57. The molecule has 2 heteroatoms. The average Bonchev–Trinajstić information content (AvgIpc) is 1.96. The minimum absolute atomic E-state index is 0.0126. The van der Waals surface area contributed by atoms with E-state index in [1.807, 2.05) is 13.0 Å². The SMILES string of the molecule is CCC/C=C(/CC(C)=O)C(C)=O. The normalized spacial score (nSPS) is 11.4. The molecular weight excluding hydrogens is 152 g/mol. The first kappa shape index (κ1) is 11.1. The van der Waals surface area contributed by atoms with Gasteiger partial charge in [0.05, 0.1) is 0 Å². The van der Waals surface area contributed by atoms with E-state index < -0.39 is 0 Å². The zero-order valence-electron chi connectivity index (χ0n) is 8.02. The highest BCUT2D eigenvalue weighted by Gasteiger charge is 2.05. The fraction of sp³-hybridized carbons (Fsp3) is 0.600. The molecule has 0 heterocycles. The maximum atomic E-state index is 11.0. The van der Waals surface area contributed by atoms with Gasteiger partial charge in [-0.2, -0.15) is 0 Å². The first-order chi connectivity index (χ1) is 5.57. The van der Waals surface area contributed by atoms with E-state index in [1.54, 1.807) is 0 Å². The highest BCUT2D eigenvalue weighted by molar-refractivity contribution is 5.98. The summed E-state index contributed by atoms with van der Waals surface area (Å²) < 4.78 is 0. The molecule has 0 aromatic rings. The molecule has 0 aliphatic rings. The molecule has 0 aliphatic heterocycles. The monoisotopic (exact) mass is 168 g/mol. The van der Waals surface area contributed by atoms with Crippen LogP contribution in [0.1, 0.15) is 40.0 Å². The lowest BCUT2D eigenvalue weighted by atomic mass is 10.0. The third-order valence-electron chi connectivity index (χ3n) is 1.57. The Morgan fingerprint density at radius 2 is 1.83 bits per heavy atom. The lowest BCUT2D eigenvalue weighted by molar-refractivity contribution is -0.119. The second-order valence-corrected chi connectivity index (χ2v) is 2.95. The molecule has 2 nitrogen and oxygen atoms in total. The van der Waals surface area contributed by atoms with Gasteiger partial charge < -0.3 is 0 Å². The van der Waals surface area contributed by atoms with Crippen molar-refractivity contribution in [3.63, 3.8) is 0 Å². The fourth-order valence-electron chi connectivity index (χ4n) is 0.927. The molecule has 0 aromatic heterocycles. The van der Waals surface area contributed by atoms with Gasteiger partial charge in [-0.3, -0.25) is 9.59 Å². The minimum Gasteiger partial charge on any atom is -0.300 e. The van der Waals surface area contributed by atoms with Gasteiger partial charge in [0.25, 0.3) is 0 Å². The van der Waals surface area contributed by atoms with E-state index in [0.717, 1.165) is 12.8 Å². The number of carbonyl (C=O) groups excluding carboxylic acids is 2. The molecule has 0 rings (SSSR count). The summed E-state index contributed by atoms with van der Waals surface area (Å²) in [5.41, 5.74) is 0.657. The molecular formula is C10H16O2. The molecule has 0 spiro atoms. The quantitative estimate of drug-likeness (QED) is 0.590. The van der Waals surface area contributed by atoms with Crippen LogP contribution in [0.2, 0.25) is 0 Å². The topological polar surface area (TPSA) is 34.1 Å².